The van der Waals surface area contributed by atoms with Crippen LogP contribution in [0, 0.1) is 0 Å². The first-order chi connectivity index (χ1) is 10.8. The van der Waals surface area contributed by atoms with Crippen molar-refractivity contribution in [3.05, 3.63) is 42.0 Å². The molecule has 1 atom stereocenters. The summed E-state index contributed by atoms with van der Waals surface area (Å²) in [6.45, 7) is 0.127. The van der Waals surface area contributed by atoms with Gasteiger partial charge >= 0.3 is 6.18 Å². The lowest BCUT2D eigenvalue weighted by molar-refractivity contribution is -0.139. The summed E-state index contributed by atoms with van der Waals surface area (Å²) in [7, 11) is -4.25. The van der Waals surface area contributed by atoms with Gasteiger partial charge in [0.25, 0.3) is 0 Å². The molecular formula is C13H12F3N3O3S. The number of rotatable bonds is 3. The molecule has 2 aromatic rings. The molecule has 0 unspecified atom stereocenters. The Hall–Kier alpha value is -1.94. The van der Waals surface area contributed by atoms with Crippen molar-refractivity contribution in [2.24, 2.45) is 0 Å². The van der Waals surface area contributed by atoms with Gasteiger partial charge < -0.3 is 4.52 Å². The first-order valence-electron chi connectivity index (χ1n) is 6.73. The molecule has 1 aromatic carbocycles. The Morgan fingerprint density at radius 1 is 1.26 bits per heavy atom. The fourth-order valence-electron chi connectivity index (χ4n) is 2.58. The molecule has 1 aromatic heterocycles. The largest absolute Gasteiger partial charge is 0.417 e. The molecule has 0 N–H and O–H groups in total. The molecule has 1 aliphatic heterocycles. The van der Waals surface area contributed by atoms with Crippen LogP contribution in [0.15, 0.2) is 40.1 Å². The monoisotopic (exact) mass is 347 g/mol. The molecule has 0 saturated carbocycles. The predicted octanol–water partition coefficient (Wildman–Crippen LogP) is 2.27. The van der Waals surface area contributed by atoms with Crippen LogP contribution in [-0.4, -0.2) is 36.0 Å². The Morgan fingerprint density at radius 2 is 2.00 bits per heavy atom. The van der Waals surface area contributed by atoms with Gasteiger partial charge in [0.05, 0.1) is 10.5 Å². The lowest BCUT2D eigenvalue weighted by Gasteiger charge is -2.19. The summed E-state index contributed by atoms with van der Waals surface area (Å²) in [6, 6.07) is 4.17. The second-order valence-corrected chi connectivity index (χ2v) is 7.04. The third-order valence-corrected chi connectivity index (χ3v) is 5.63. The third-order valence-electron chi connectivity index (χ3n) is 3.70. The molecule has 0 bridgehead atoms. The van der Waals surface area contributed by atoms with E-state index in [1.54, 1.807) is 0 Å². The van der Waals surface area contributed by atoms with Crippen LogP contribution in [0.1, 0.15) is 23.7 Å². The van der Waals surface area contributed by atoms with Crippen molar-refractivity contribution in [3.63, 3.8) is 0 Å². The second kappa shape index (κ2) is 5.60. The van der Waals surface area contributed by atoms with Crippen molar-refractivity contribution in [1.29, 1.82) is 0 Å². The second-order valence-electron chi connectivity index (χ2n) is 5.13. The van der Waals surface area contributed by atoms with Crippen molar-refractivity contribution in [2.75, 3.05) is 13.1 Å². The standard InChI is InChI=1S/C13H12F3N3O3S/c14-13(15,16)10-3-1-2-4-11(10)23(20,21)19-6-5-9(7-19)12-17-8-22-18-12/h1-4,8-9H,5-7H2/t9-/m1/s1. The quantitative estimate of drug-likeness (QED) is 0.851. The smallest absolute Gasteiger partial charge is 0.343 e. The maximum atomic E-state index is 13.1. The summed E-state index contributed by atoms with van der Waals surface area (Å²) in [5.41, 5.74) is -1.16. The van der Waals surface area contributed by atoms with Gasteiger partial charge in [-0.25, -0.2) is 8.42 Å². The lowest BCUT2D eigenvalue weighted by atomic mass is 10.1. The predicted molar refractivity (Wildman–Crippen MR) is 71.9 cm³/mol. The fraction of sp³-hybridized carbons (Fsp3) is 0.385. The third kappa shape index (κ3) is 2.95. The van der Waals surface area contributed by atoms with Crippen LogP contribution in [0.25, 0.3) is 0 Å². The molecule has 10 heteroatoms. The molecular weight excluding hydrogens is 335 g/mol. The number of aromatic nitrogens is 2. The van der Waals surface area contributed by atoms with Crippen molar-refractivity contribution < 1.29 is 26.1 Å². The summed E-state index contributed by atoms with van der Waals surface area (Å²) in [6.07, 6.45) is -3.19. The van der Waals surface area contributed by atoms with Crippen LogP contribution >= 0.6 is 0 Å². The van der Waals surface area contributed by atoms with Crippen molar-refractivity contribution in [2.45, 2.75) is 23.4 Å². The molecule has 1 aliphatic rings. The number of halogens is 3. The summed E-state index contributed by atoms with van der Waals surface area (Å²) in [5, 5.41) is 3.66. The van der Waals surface area contributed by atoms with Crippen LogP contribution in [0.5, 0.6) is 0 Å². The zero-order valence-corrected chi connectivity index (χ0v) is 12.5. The first-order valence-corrected chi connectivity index (χ1v) is 8.17. The maximum Gasteiger partial charge on any atom is 0.417 e. The average Bonchev–Trinajstić information content (AvgIpc) is 3.17. The normalized spacial score (nSPS) is 20.0. The van der Waals surface area contributed by atoms with E-state index in [9.17, 15) is 21.6 Å². The number of nitrogens with zero attached hydrogens (tertiary/aromatic N) is 3. The minimum absolute atomic E-state index is 0.0219. The van der Waals surface area contributed by atoms with Gasteiger partial charge in [-0.1, -0.05) is 17.3 Å². The molecule has 0 amide bonds. The van der Waals surface area contributed by atoms with E-state index in [0.29, 0.717) is 12.2 Å². The topological polar surface area (TPSA) is 76.3 Å². The molecule has 1 fully saturated rings. The van der Waals surface area contributed by atoms with E-state index in [0.717, 1.165) is 28.9 Å². The van der Waals surface area contributed by atoms with Crippen molar-refractivity contribution in [3.8, 4) is 0 Å². The zero-order valence-electron chi connectivity index (χ0n) is 11.7. The maximum absolute atomic E-state index is 13.1. The first kappa shape index (κ1) is 15.9. The summed E-state index contributed by atoms with van der Waals surface area (Å²) in [4.78, 5) is 3.13. The van der Waals surface area contributed by atoms with Crippen LogP contribution in [0.3, 0.4) is 0 Å². The highest BCUT2D eigenvalue weighted by Gasteiger charge is 2.41. The van der Waals surface area contributed by atoms with E-state index in [-0.39, 0.29) is 19.0 Å². The van der Waals surface area contributed by atoms with Crippen molar-refractivity contribution >= 4 is 10.0 Å². The van der Waals surface area contributed by atoms with Gasteiger partial charge in [0.15, 0.2) is 5.82 Å². The minimum Gasteiger partial charge on any atom is -0.343 e. The molecule has 124 valence electrons. The molecule has 0 spiro atoms. The molecule has 3 rings (SSSR count). The van der Waals surface area contributed by atoms with Gasteiger partial charge in [0, 0.05) is 19.0 Å². The Balaban J connectivity index is 1.92. The molecule has 2 heterocycles. The van der Waals surface area contributed by atoms with E-state index < -0.39 is 26.7 Å². The Bertz CT molecular complexity index is 790. The number of benzene rings is 1. The number of hydrogen-bond donors (Lipinski definition) is 0. The number of sulfonamides is 1. The molecule has 0 aliphatic carbocycles. The SMILES string of the molecule is O=S(=O)(c1ccccc1C(F)(F)F)N1CC[C@@H](c2ncon2)C1. The van der Waals surface area contributed by atoms with E-state index in [1.165, 1.54) is 6.07 Å². The lowest BCUT2D eigenvalue weighted by Crippen LogP contribution is -2.30. The average molecular weight is 347 g/mol. The summed E-state index contributed by atoms with van der Waals surface area (Å²) in [5.74, 6) is 0.0633. The van der Waals surface area contributed by atoms with Crippen molar-refractivity contribution in [1.82, 2.24) is 14.4 Å². The fourth-order valence-corrected chi connectivity index (χ4v) is 4.29. The van der Waals surface area contributed by atoms with Gasteiger partial charge in [-0.3, -0.25) is 0 Å². The van der Waals surface area contributed by atoms with Crippen LogP contribution in [0.2, 0.25) is 0 Å². The van der Waals surface area contributed by atoms with Gasteiger partial charge in [0.2, 0.25) is 16.4 Å². The molecule has 23 heavy (non-hydrogen) atoms. The number of hydrogen-bond acceptors (Lipinski definition) is 5. The number of alkyl halides is 3. The minimum atomic E-state index is -4.74. The Morgan fingerprint density at radius 3 is 2.65 bits per heavy atom. The molecule has 1 saturated heterocycles. The Labute approximate surface area is 130 Å². The summed E-state index contributed by atoms with van der Waals surface area (Å²) >= 11 is 0. The molecule has 6 nitrogen and oxygen atoms in total. The van der Waals surface area contributed by atoms with E-state index in [4.69, 9.17) is 0 Å². The van der Waals surface area contributed by atoms with Crippen LogP contribution in [0.4, 0.5) is 13.2 Å². The van der Waals surface area contributed by atoms with Crippen LogP contribution < -0.4 is 0 Å². The van der Waals surface area contributed by atoms with E-state index in [2.05, 4.69) is 14.7 Å². The Kier molecular flexibility index (Phi) is 3.88. The molecule has 0 radical (unpaired) electrons. The van der Waals surface area contributed by atoms with Gasteiger partial charge in [-0.05, 0) is 18.6 Å². The van der Waals surface area contributed by atoms with Gasteiger partial charge in [-0.15, -0.1) is 0 Å². The highest BCUT2D eigenvalue weighted by molar-refractivity contribution is 7.89. The zero-order chi connectivity index (χ0) is 16.7. The summed E-state index contributed by atoms with van der Waals surface area (Å²) < 4.78 is 70.0. The highest BCUT2D eigenvalue weighted by Crippen LogP contribution is 2.37. The van der Waals surface area contributed by atoms with Gasteiger partial charge in [0.1, 0.15) is 0 Å². The highest BCUT2D eigenvalue weighted by atomic mass is 32.2. The van der Waals surface area contributed by atoms with Gasteiger partial charge in [-0.2, -0.15) is 22.5 Å². The van der Waals surface area contributed by atoms with E-state index in [1.807, 2.05) is 0 Å². The van der Waals surface area contributed by atoms with Crippen LogP contribution in [-0.2, 0) is 16.2 Å². The van der Waals surface area contributed by atoms with E-state index >= 15 is 0 Å².